The van der Waals surface area contributed by atoms with Crippen LogP contribution in [0.1, 0.15) is 24.1 Å². The third-order valence-electron chi connectivity index (χ3n) is 3.25. The summed E-state index contributed by atoms with van der Waals surface area (Å²) in [5.74, 6) is 0.534. The van der Waals surface area contributed by atoms with Gasteiger partial charge in [-0.15, -0.1) is 0 Å². The molecule has 0 heterocycles. The van der Waals surface area contributed by atoms with E-state index in [2.05, 4.69) is 5.32 Å². The molecule has 0 aromatic heterocycles. The highest BCUT2D eigenvalue weighted by Crippen LogP contribution is 2.25. The third-order valence-corrected chi connectivity index (χ3v) is 3.25. The molecule has 0 aliphatic carbocycles. The smallest absolute Gasteiger partial charge is 0.123 e. The van der Waals surface area contributed by atoms with E-state index in [4.69, 9.17) is 4.74 Å². The van der Waals surface area contributed by atoms with Gasteiger partial charge in [0.05, 0.1) is 7.11 Å². The van der Waals surface area contributed by atoms with Crippen LogP contribution >= 0.6 is 0 Å². The van der Waals surface area contributed by atoms with Crippen LogP contribution in [0, 0.1) is 5.82 Å². The Bertz CT molecular complexity index is 586. The Hall–Kier alpha value is -2.07. The van der Waals surface area contributed by atoms with E-state index in [0.717, 1.165) is 11.3 Å². The van der Waals surface area contributed by atoms with Gasteiger partial charge in [0.25, 0.3) is 0 Å². The van der Waals surface area contributed by atoms with Crippen molar-refractivity contribution in [2.75, 3.05) is 7.11 Å². The summed E-state index contributed by atoms with van der Waals surface area (Å²) in [5, 5.41) is 12.9. The molecule has 0 radical (unpaired) electrons. The lowest BCUT2D eigenvalue weighted by atomic mass is 10.1. The van der Waals surface area contributed by atoms with Crippen molar-refractivity contribution in [1.29, 1.82) is 0 Å². The molecule has 4 heteroatoms. The summed E-state index contributed by atoms with van der Waals surface area (Å²) in [4.78, 5) is 0. The molecule has 1 atom stereocenters. The van der Waals surface area contributed by atoms with Crippen LogP contribution in [0.15, 0.2) is 42.5 Å². The van der Waals surface area contributed by atoms with Gasteiger partial charge in [0.15, 0.2) is 0 Å². The number of aromatic hydroxyl groups is 1. The average molecular weight is 275 g/mol. The zero-order chi connectivity index (χ0) is 14.5. The molecule has 0 spiro atoms. The van der Waals surface area contributed by atoms with Crippen molar-refractivity contribution in [2.24, 2.45) is 0 Å². The van der Waals surface area contributed by atoms with Gasteiger partial charge in [-0.3, -0.25) is 0 Å². The lowest BCUT2D eigenvalue weighted by Gasteiger charge is -2.17. The predicted molar refractivity (Wildman–Crippen MR) is 76.3 cm³/mol. The van der Waals surface area contributed by atoms with E-state index in [0.29, 0.717) is 12.1 Å². The van der Waals surface area contributed by atoms with Crippen LogP contribution in [0.5, 0.6) is 11.5 Å². The van der Waals surface area contributed by atoms with Gasteiger partial charge >= 0.3 is 0 Å². The van der Waals surface area contributed by atoms with E-state index >= 15 is 0 Å². The van der Waals surface area contributed by atoms with Crippen LogP contribution in [0.3, 0.4) is 0 Å². The highest BCUT2D eigenvalue weighted by molar-refractivity contribution is 5.36. The summed E-state index contributed by atoms with van der Waals surface area (Å²) >= 11 is 0. The maximum atomic E-state index is 13.2. The quantitative estimate of drug-likeness (QED) is 0.879. The molecular formula is C16H18FNO2. The number of hydrogen-bond donors (Lipinski definition) is 2. The van der Waals surface area contributed by atoms with Crippen LogP contribution in [-0.4, -0.2) is 12.2 Å². The van der Waals surface area contributed by atoms with Gasteiger partial charge < -0.3 is 15.2 Å². The first-order valence-corrected chi connectivity index (χ1v) is 6.45. The van der Waals surface area contributed by atoms with Crippen LogP contribution in [0.4, 0.5) is 4.39 Å². The fraction of sp³-hybridized carbons (Fsp3) is 0.250. The van der Waals surface area contributed by atoms with Gasteiger partial charge in [0.1, 0.15) is 17.3 Å². The third kappa shape index (κ3) is 3.27. The zero-order valence-electron chi connectivity index (χ0n) is 11.6. The minimum Gasteiger partial charge on any atom is -0.508 e. The molecule has 0 fully saturated rings. The first-order valence-electron chi connectivity index (χ1n) is 6.45. The number of para-hydroxylation sites is 1. The molecule has 0 saturated heterocycles. The molecule has 0 saturated carbocycles. The van der Waals surface area contributed by atoms with E-state index in [-0.39, 0.29) is 17.6 Å². The number of methoxy groups -OCH3 is 1. The van der Waals surface area contributed by atoms with Crippen LogP contribution in [0.25, 0.3) is 0 Å². The topological polar surface area (TPSA) is 41.5 Å². The molecule has 2 rings (SSSR count). The fourth-order valence-electron chi connectivity index (χ4n) is 2.09. The normalized spacial score (nSPS) is 12.2. The molecule has 0 amide bonds. The second-order valence-corrected chi connectivity index (χ2v) is 4.62. The molecular weight excluding hydrogens is 257 g/mol. The van der Waals surface area contributed by atoms with E-state index in [9.17, 15) is 9.50 Å². The zero-order valence-corrected chi connectivity index (χ0v) is 11.6. The summed E-state index contributed by atoms with van der Waals surface area (Å²) in [6.07, 6.45) is 0. The number of halogens is 1. The average Bonchev–Trinajstić information content (AvgIpc) is 2.47. The summed E-state index contributed by atoms with van der Waals surface area (Å²) in [5.41, 5.74) is 1.55. The van der Waals surface area contributed by atoms with Gasteiger partial charge in [-0.05, 0) is 31.2 Å². The lowest BCUT2D eigenvalue weighted by molar-refractivity contribution is 0.400. The molecule has 20 heavy (non-hydrogen) atoms. The first kappa shape index (κ1) is 14.3. The standard InChI is InChI=1S/C16H18FNO2/c1-11(14-5-3-4-6-16(14)20-2)18-10-12-9-13(17)7-8-15(12)19/h3-9,11,18-19H,10H2,1-2H3/t11-/m1/s1. The highest BCUT2D eigenvalue weighted by Gasteiger charge is 2.11. The van der Waals surface area contributed by atoms with Gasteiger partial charge in [0.2, 0.25) is 0 Å². The molecule has 0 aliphatic heterocycles. The molecule has 2 aromatic carbocycles. The SMILES string of the molecule is COc1ccccc1[C@@H](C)NCc1cc(F)ccc1O. The van der Waals surface area contributed by atoms with Crippen LogP contribution < -0.4 is 10.1 Å². The second kappa shape index (κ2) is 6.39. The number of ether oxygens (including phenoxy) is 1. The van der Waals surface area contributed by atoms with Gasteiger partial charge in [0, 0.05) is 23.7 Å². The van der Waals surface area contributed by atoms with Gasteiger partial charge in [-0.1, -0.05) is 18.2 Å². The molecule has 2 aromatic rings. The van der Waals surface area contributed by atoms with Gasteiger partial charge in [-0.25, -0.2) is 4.39 Å². The second-order valence-electron chi connectivity index (χ2n) is 4.62. The van der Waals surface area contributed by atoms with Crippen LogP contribution in [-0.2, 0) is 6.54 Å². The number of hydrogen-bond acceptors (Lipinski definition) is 3. The maximum absolute atomic E-state index is 13.2. The van der Waals surface area contributed by atoms with Crippen molar-refractivity contribution >= 4 is 0 Å². The fourth-order valence-corrected chi connectivity index (χ4v) is 2.09. The van der Waals surface area contributed by atoms with Crippen molar-refractivity contribution < 1.29 is 14.2 Å². The summed E-state index contributed by atoms with van der Waals surface area (Å²) in [6, 6.07) is 11.7. The Morgan fingerprint density at radius 1 is 1.25 bits per heavy atom. The first-order chi connectivity index (χ1) is 9.61. The number of nitrogens with one attached hydrogen (secondary N) is 1. The number of phenolic OH excluding ortho intramolecular Hbond substituents is 1. The van der Waals surface area contributed by atoms with Crippen molar-refractivity contribution in [1.82, 2.24) is 5.32 Å². The number of rotatable bonds is 5. The Labute approximate surface area is 118 Å². The minimum absolute atomic E-state index is 0.0221. The molecule has 3 nitrogen and oxygen atoms in total. The van der Waals surface area contributed by atoms with Crippen molar-refractivity contribution in [3.63, 3.8) is 0 Å². The molecule has 0 bridgehead atoms. The van der Waals surface area contributed by atoms with Crippen molar-refractivity contribution in [3.05, 3.63) is 59.4 Å². The maximum Gasteiger partial charge on any atom is 0.123 e. The Morgan fingerprint density at radius 2 is 2.00 bits per heavy atom. The number of phenols is 1. The highest BCUT2D eigenvalue weighted by atomic mass is 19.1. The Morgan fingerprint density at radius 3 is 2.75 bits per heavy atom. The van der Waals surface area contributed by atoms with E-state index in [1.807, 2.05) is 31.2 Å². The summed E-state index contributed by atoms with van der Waals surface area (Å²) in [6.45, 7) is 2.37. The largest absolute Gasteiger partial charge is 0.508 e. The predicted octanol–water partition coefficient (Wildman–Crippen LogP) is 3.39. The van der Waals surface area contributed by atoms with Crippen molar-refractivity contribution in [2.45, 2.75) is 19.5 Å². The molecule has 0 unspecified atom stereocenters. The minimum atomic E-state index is -0.357. The Balaban J connectivity index is 2.08. The molecule has 106 valence electrons. The van der Waals surface area contributed by atoms with E-state index < -0.39 is 0 Å². The lowest BCUT2D eigenvalue weighted by Crippen LogP contribution is -2.18. The van der Waals surface area contributed by atoms with Crippen molar-refractivity contribution in [3.8, 4) is 11.5 Å². The number of benzene rings is 2. The summed E-state index contributed by atoms with van der Waals surface area (Å²) in [7, 11) is 1.63. The van der Waals surface area contributed by atoms with Gasteiger partial charge in [-0.2, -0.15) is 0 Å². The molecule has 2 N–H and O–H groups in total. The Kier molecular flexibility index (Phi) is 4.58. The van der Waals surface area contributed by atoms with E-state index in [1.165, 1.54) is 18.2 Å². The van der Waals surface area contributed by atoms with Crippen LogP contribution in [0.2, 0.25) is 0 Å². The summed E-state index contributed by atoms with van der Waals surface area (Å²) < 4.78 is 18.5. The van der Waals surface area contributed by atoms with E-state index in [1.54, 1.807) is 7.11 Å². The molecule has 0 aliphatic rings. The monoisotopic (exact) mass is 275 g/mol.